The molecule has 0 radical (unpaired) electrons. The Bertz CT molecular complexity index is 1030. The third kappa shape index (κ3) is 5.71. The number of imidazole rings is 1. The van der Waals surface area contributed by atoms with Gasteiger partial charge in [0.15, 0.2) is 5.65 Å². The number of piperidine rings is 1. The summed E-state index contributed by atoms with van der Waals surface area (Å²) in [4.78, 5) is 43.0. The van der Waals surface area contributed by atoms with Crippen LogP contribution in [0.4, 0.5) is 18.0 Å². The zero-order valence-corrected chi connectivity index (χ0v) is 17.7. The number of carboxylic acids is 2. The lowest BCUT2D eigenvalue weighted by Crippen LogP contribution is -2.52. The lowest BCUT2D eigenvalue weighted by molar-refractivity contribution is -0.192. The van der Waals surface area contributed by atoms with Gasteiger partial charge in [0.05, 0.1) is 5.92 Å². The number of carboxylic acid groups (broad SMARTS) is 2. The molecule has 3 N–H and O–H groups in total. The minimum absolute atomic E-state index is 0.00893. The van der Waals surface area contributed by atoms with Crippen LogP contribution < -0.4 is 5.32 Å². The van der Waals surface area contributed by atoms with Crippen LogP contribution in [0.1, 0.15) is 37.5 Å². The molecule has 1 aliphatic heterocycles. The number of carbonyl (C=O) groups excluding carboxylic acids is 1. The number of rotatable bonds is 3. The number of fused-ring (bicyclic) bond motifs is 1. The van der Waals surface area contributed by atoms with Gasteiger partial charge < -0.3 is 25.0 Å². The number of nitrogens with zero attached hydrogens (tertiary/aromatic N) is 4. The molecule has 1 aliphatic carbocycles. The normalized spacial score (nSPS) is 21.0. The molecule has 10 nitrogen and oxygen atoms in total. The van der Waals surface area contributed by atoms with E-state index in [2.05, 4.69) is 19.9 Å². The van der Waals surface area contributed by atoms with Crippen LogP contribution in [0.3, 0.4) is 0 Å². The smallest absolute Gasteiger partial charge is 0.481 e. The first kappa shape index (κ1) is 24.3. The summed E-state index contributed by atoms with van der Waals surface area (Å²) in [6.07, 6.45) is -0.518. The highest BCUT2D eigenvalue weighted by Gasteiger charge is 2.38. The molecular weight excluding hydrogens is 447 g/mol. The van der Waals surface area contributed by atoms with Crippen molar-refractivity contribution in [3.63, 3.8) is 0 Å². The van der Waals surface area contributed by atoms with E-state index < -0.39 is 18.1 Å². The summed E-state index contributed by atoms with van der Waals surface area (Å²) in [7, 11) is 0. The first-order valence-corrected chi connectivity index (χ1v) is 10.3. The molecule has 0 spiro atoms. The van der Waals surface area contributed by atoms with Crippen molar-refractivity contribution in [2.24, 2.45) is 5.92 Å². The fraction of sp³-hybridized carbons (Fsp3) is 0.550. The van der Waals surface area contributed by atoms with Gasteiger partial charge in [-0.15, -0.1) is 0 Å². The number of alkyl halides is 3. The van der Waals surface area contributed by atoms with Crippen LogP contribution in [0.2, 0.25) is 0 Å². The van der Waals surface area contributed by atoms with Gasteiger partial charge in [-0.25, -0.2) is 19.6 Å². The summed E-state index contributed by atoms with van der Waals surface area (Å²) < 4.78 is 33.9. The molecule has 13 heteroatoms. The number of aliphatic carboxylic acids is 2. The third-order valence-corrected chi connectivity index (χ3v) is 5.80. The Balaban J connectivity index is 0.000000383. The number of urea groups is 1. The molecule has 2 aliphatic rings. The molecule has 2 fully saturated rings. The molecule has 2 aromatic heterocycles. The van der Waals surface area contributed by atoms with Crippen molar-refractivity contribution in [1.29, 1.82) is 0 Å². The molecular formula is C20H24F3N5O5. The molecule has 180 valence electrons. The van der Waals surface area contributed by atoms with Gasteiger partial charge >= 0.3 is 24.1 Å². The van der Waals surface area contributed by atoms with Gasteiger partial charge in [0.25, 0.3) is 0 Å². The Morgan fingerprint density at radius 1 is 1.15 bits per heavy atom. The Morgan fingerprint density at radius 3 is 2.30 bits per heavy atom. The molecule has 2 amide bonds. The monoisotopic (exact) mass is 471 g/mol. The lowest BCUT2D eigenvalue weighted by Gasteiger charge is -2.37. The zero-order chi connectivity index (χ0) is 24.3. The number of hydrogen-bond acceptors (Lipinski definition) is 5. The Labute approximate surface area is 186 Å². The van der Waals surface area contributed by atoms with Crippen LogP contribution in [0.5, 0.6) is 0 Å². The minimum Gasteiger partial charge on any atom is -0.481 e. The highest BCUT2D eigenvalue weighted by Crippen LogP contribution is 2.29. The number of carbonyl (C=O) groups is 3. The summed E-state index contributed by atoms with van der Waals surface area (Å²) in [5.74, 6) is -2.88. The lowest BCUT2D eigenvalue weighted by atomic mass is 9.80. The van der Waals surface area contributed by atoms with Gasteiger partial charge in [-0.1, -0.05) is 0 Å². The average Bonchev–Trinajstić information content (AvgIpc) is 3.05. The SMILES string of the molecule is Cc1nc2cccnc2n1C1CCN(C(=O)NC2CC(C(=O)O)C2)CC1.O=C(O)C(F)(F)F. The van der Waals surface area contributed by atoms with E-state index in [1.807, 2.05) is 24.0 Å². The number of pyridine rings is 1. The van der Waals surface area contributed by atoms with Crippen molar-refractivity contribution < 1.29 is 37.8 Å². The van der Waals surface area contributed by atoms with Gasteiger partial charge in [0.1, 0.15) is 11.3 Å². The summed E-state index contributed by atoms with van der Waals surface area (Å²) in [6, 6.07) is 4.06. The van der Waals surface area contributed by atoms with Crippen LogP contribution in [0, 0.1) is 12.8 Å². The van der Waals surface area contributed by atoms with E-state index in [1.54, 1.807) is 6.20 Å². The molecule has 1 saturated carbocycles. The van der Waals surface area contributed by atoms with Crippen molar-refractivity contribution in [3.05, 3.63) is 24.2 Å². The molecule has 0 unspecified atom stereocenters. The molecule has 33 heavy (non-hydrogen) atoms. The third-order valence-electron chi connectivity index (χ3n) is 5.80. The van der Waals surface area contributed by atoms with Crippen molar-refractivity contribution in [2.75, 3.05) is 13.1 Å². The number of likely N-dealkylation sites (tertiary alicyclic amines) is 1. The van der Waals surface area contributed by atoms with Gasteiger partial charge in [-0.2, -0.15) is 13.2 Å². The Kier molecular flexibility index (Phi) is 7.08. The van der Waals surface area contributed by atoms with E-state index in [-0.39, 0.29) is 18.0 Å². The topological polar surface area (TPSA) is 138 Å². The van der Waals surface area contributed by atoms with Crippen LogP contribution in [0.15, 0.2) is 18.3 Å². The highest BCUT2D eigenvalue weighted by molar-refractivity contribution is 5.76. The van der Waals surface area contributed by atoms with Crippen LogP contribution >= 0.6 is 0 Å². The first-order chi connectivity index (χ1) is 15.5. The van der Waals surface area contributed by atoms with Crippen LogP contribution in [-0.4, -0.2) is 72.9 Å². The predicted octanol–water partition coefficient (Wildman–Crippen LogP) is 2.58. The second-order valence-corrected chi connectivity index (χ2v) is 8.05. The molecule has 0 bridgehead atoms. The first-order valence-electron chi connectivity index (χ1n) is 10.3. The second-order valence-electron chi connectivity index (χ2n) is 8.05. The van der Waals surface area contributed by atoms with Crippen LogP contribution in [0.25, 0.3) is 11.2 Å². The molecule has 0 aromatic carbocycles. The number of amides is 2. The standard InChI is InChI=1S/C18H23N5O3.C2HF3O2/c1-11-20-15-3-2-6-19-16(15)23(11)14-4-7-22(8-5-14)18(26)21-13-9-12(10-13)17(24)25;3-2(4,5)1(6)7/h2-3,6,12-14H,4-5,7-10H2,1H3,(H,21,26)(H,24,25);(H,6,7). The minimum atomic E-state index is -5.08. The number of halogens is 3. The summed E-state index contributed by atoms with van der Waals surface area (Å²) in [6.45, 7) is 3.35. The Hall–Kier alpha value is -3.38. The van der Waals surface area contributed by atoms with Crippen molar-refractivity contribution in [2.45, 2.75) is 50.9 Å². The zero-order valence-electron chi connectivity index (χ0n) is 17.7. The van der Waals surface area contributed by atoms with E-state index in [0.717, 1.165) is 29.8 Å². The molecule has 3 heterocycles. The highest BCUT2D eigenvalue weighted by atomic mass is 19.4. The fourth-order valence-corrected chi connectivity index (χ4v) is 4.01. The average molecular weight is 471 g/mol. The van der Waals surface area contributed by atoms with Crippen molar-refractivity contribution in [1.82, 2.24) is 24.8 Å². The van der Waals surface area contributed by atoms with Gasteiger partial charge in [-0.05, 0) is 44.7 Å². The van der Waals surface area contributed by atoms with Gasteiger partial charge in [-0.3, -0.25) is 4.79 Å². The number of aromatic nitrogens is 3. The molecule has 4 rings (SSSR count). The number of hydrogen-bond donors (Lipinski definition) is 3. The second kappa shape index (κ2) is 9.63. The fourth-order valence-electron chi connectivity index (χ4n) is 4.01. The molecule has 0 atom stereocenters. The number of aryl methyl sites for hydroxylation is 1. The van der Waals surface area contributed by atoms with E-state index in [0.29, 0.717) is 32.0 Å². The van der Waals surface area contributed by atoms with Gasteiger partial charge in [0.2, 0.25) is 0 Å². The maximum Gasteiger partial charge on any atom is 0.490 e. The van der Waals surface area contributed by atoms with Crippen LogP contribution in [-0.2, 0) is 9.59 Å². The van der Waals surface area contributed by atoms with E-state index >= 15 is 0 Å². The predicted molar refractivity (Wildman–Crippen MR) is 108 cm³/mol. The quantitative estimate of drug-likeness (QED) is 0.626. The van der Waals surface area contributed by atoms with Crippen molar-refractivity contribution in [3.8, 4) is 0 Å². The summed E-state index contributed by atoms with van der Waals surface area (Å²) >= 11 is 0. The summed E-state index contributed by atoms with van der Waals surface area (Å²) in [5.41, 5.74) is 1.81. The Morgan fingerprint density at radius 2 is 1.76 bits per heavy atom. The van der Waals surface area contributed by atoms with Gasteiger partial charge in [0, 0.05) is 31.4 Å². The maximum atomic E-state index is 12.4. The number of nitrogens with one attached hydrogen (secondary N) is 1. The van der Waals surface area contributed by atoms with Crippen molar-refractivity contribution >= 4 is 29.1 Å². The van der Waals surface area contributed by atoms with E-state index in [1.165, 1.54) is 0 Å². The van der Waals surface area contributed by atoms with E-state index in [4.69, 9.17) is 15.0 Å². The largest absolute Gasteiger partial charge is 0.490 e. The molecule has 1 saturated heterocycles. The summed E-state index contributed by atoms with van der Waals surface area (Å²) in [5, 5.41) is 19.0. The maximum absolute atomic E-state index is 12.4. The van der Waals surface area contributed by atoms with E-state index in [9.17, 15) is 22.8 Å². The molecule has 2 aromatic rings.